The third-order valence-electron chi connectivity index (χ3n) is 5.30. The number of pyridine rings is 1. The molecule has 2 aliphatic rings. The average molecular weight is 315 g/mol. The lowest BCUT2D eigenvalue weighted by atomic mass is 9.85. The number of carbonyl (C=O) groups excluding carboxylic acids is 1. The molecule has 0 saturated carbocycles. The van der Waals surface area contributed by atoms with Crippen molar-refractivity contribution in [3.63, 3.8) is 0 Å². The van der Waals surface area contributed by atoms with Crippen molar-refractivity contribution in [1.29, 1.82) is 0 Å². The lowest BCUT2D eigenvalue weighted by Gasteiger charge is -2.29. The summed E-state index contributed by atoms with van der Waals surface area (Å²) in [6.45, 7) is 8.45. The van der Waals surface area contributed by atoms with Gasteiger partial charge in [0.1, 0.15) is 5.82 Å². The molecule has 0 aromatic carbocycles. The van der Waals surface area contributed by atoms with Gasteiger partial charge in [-0.1, -0.05) is 13.8 Å². The Balaban J connectivity index is 1.81. The minimum absolute atomic E-state index is 0.163. The fourth-order valence-electron chi connectivity index (χ4n) is 3.72. The van der Waals surface area contributed by atoms with Crippen LogP contribution in [0.5, 0.6) is 0 Å². The Morgan fingerprint density at radius 2 is 1.83 bits per heavy atom. The standard InChI is InChI=1S/C19H29N3O/c1-19(2)9-7-14-21(15-10-19)17-16(8-6-11-20-17)18(23)22-12-4-3-5-13-22/h6,8,11H,3-5,7,9-10,12-15H2,1-2H3. The molecule has 3 rings (SSSR count). The van der Waals surface area contributed by atoms with Gasteiger partial charge in [-0.2, -0.15) is 0 Å². The highest BCUT2D eigenvalue weighted by molar-refractivity contribution is 5.99. The molecule has 23 heavy (non-hydrogen) atoms. The molecular formula is C19H29N3O. The molecule has 1 aromatic rings. The smallest absolute Gasteiger partial charge is 0.257 e. The molecule has 0 spiro atoms. The molecule has 2 fully saturated rings. The zero-order valence-corrected chi connectivity index (χ0v) is 14.6. The first-order valence-electron chi connectivity index (χ1n) is 9.06. The molecule has 4 heteroatoms. The fourth-order valence-corrected chi connectivity index (χ4v) is 3.72. The van der Waals surface area contributed by atoms with Gasteiger partial charge in [0.15, 0.2) is 0 Å². The lowest BCUT2D eigenvalue weighted by molar-refractivity contribution is 0.0724. The van der Waals surface area contributed by atoms with Gasteiger partial charge in [0.25, 0.3) is 5.91 Å². The van der Waals surface area contributed by atoms with Gasteiger partial charge in [0, 0.05) is 32.4 Å². The molecule has 0 aliphatic carbocycles. The molecule has 0 atom stereocenters. The molecule has 1 aromatic heterocycles. The van der Waals surface area contributed by atoms with Crippen molar-refractivity contribution in [2.75, 3.05) is 31.1 Å². The van der Waals surface area contributed by atoms with E-state index in [1.165, 1.54) is 19.3 Å². The van der Waals surface area contributed by atoms with Crippen molar-refractivity contribution < 1.29 is 4.79 Å². The summed E-state index contributed by atoms with van der Waals surface area (Å²) >= 11 is 0. The zero-order valence-electron chi connectivity index (χ0n) is 14.6. The lowest BCUT2D eigenvalue weighted by Crippen LogP contribution is -2.37. The zero-order chi connectivity index (χ0) is 16.3. The highest BCUT2D eigenvalue weighted by Gasteiger charge is 2.27. The number of nitrogens with zero attached hydrogens (tertiary/aromatic N) is 3. The van der Waals surface area contributed by atoms with Crippen LogP contribution in [0.25, 0.3) is 0 Å². The summed E-state index contributed by atoms with van der Waals surface area (Å²) < 4.78 is 0. The summed E-state index contributed by atoms with van der Waals surface area (Å²) in [5.41, 5.74) is 1.18. The second-order valence-electron chi connectivity index (χ2n) is 7.73. The highest BCUT2D eigenvalue weighted by Crippen LogP contribution is 2.32. The first-order chi connectivity index (χ1) is 11.1. The van der Waals surface area contributed by atoms with E-state index in [1.54, 1.807) is 0 Å². The van der Waals surface area contributed by atoms with Crippen LogP contribution in [0.2, 0.25) is 0 Å². The summed E-state index contributed by atoms with van der Waals surface area (Å²) in [6, 6.07) is 3.84. The maximum absolute atomic E-state index is 12.9. The molecule has 3 heterocycles. The van der Waals surface area contributed by atoms with Crippen LogP contribution in [-0.2, 0) is 0 Å². The van der Waals surface area contributed by atoms with Crippen LogP contribution in [-0.4, -0.2) is 42.0 Å². The van der Waals surface area contributed by atoms with E-state index in [0.717, 1.165) is 56.8 Å². The number of hydrogen-bond acceptors (Lipinski definition) is 3. The van der Waals surface area contributed by atoms with Crippen molar-refractivity contribution >= 4 is 11.7 Å². The van der Waals surface area contributed by atoms with Crippen molar-refractivity contribution in [3.05, 3.63) is 23.9 Å². The third-order valence-corrected chi connectivity index (χ3v) is 5.30. The van der Waals surface area contributed by atoms with E-state index in [-0.39, 0.29) is 5.91 Å². The maximum Gasteiger partial charge on any atom is 0.257 e. The van der Waals surface area contributed by atoms with Crippen LogP contribution in [0.3, 0.4) is 0 Å². The topological polar surface area (TPSA) is 36.4 Å². The Labute approximate surface area is 139 Å². The number of piperidine rings is 1. The molecule has 0 N–H and O–H groups in total. The monoisotopic (exact) mass is 315 g/mol. The molecule has 1 amide bonds. The van der Waals surface area contributed by atoms with Crippen molar-refractivity contribution in [3.8, 4) is 0 Å². The van der Waals surface area contributed by atoms with Crippen molar-refractivity contribution in [1.82, 2.24) is 9.88 Å². The van der Waals surface area contributed by atoms with Gasteiger partial charge in [-0.3, -0.25) is 4.79 Å². The van der Waals surface area contributed by atoms with Gasteiger partial charge in [-0.25, -0.2) is 4.98 Å². The highest BCUT2D eigenvalue weighted by atomic mass is 16.2. The summed E-state index contributed by atoms with van der Waals surface area (Å²) in [5, 5.41) is 0. The number of anilines is 1. The average Bonchev–Trinajstić information content (AvgIpc) is 2.76. The van der Waals surface area contributed by atoms with Crippen molar-refractivity contribution in [2.45, 2.75) is 52.4 Å². The molecule has 0 bridgehead atoms. The molecule has 0 unspecified atom stereocenters. The van der Waals surface area contributed by atoms with Crippen LogP contribution in [0.1, 0.15) is 62.7 Å². The maximum atomic E-state index is 12.9. The molecule has 126 valence electrons. The minimum Gasteiger partial charge on any atom is -0.356 e. The van der Waals surface area contributed by atoms with Gasteiger partial charge in [-0.15, -0.1) is 0 Å². The number of amides is 1. The molecular weight excluding hydrogens is 286 g/mol. The van der Waals surface area contributed by atoms with Crippen LogP contribution >= 0.6 is 0 Å². The number of likely N-dealkylation sites (tertiary alicyclic amines) is 1. The Kier molecular flexibility index (Phi) is 4.88. The van der Waals surface area contributed by atoms with Gasteiger partial charge < -0.3 is 9.80 Å². The first-order valence-corrected chi connectivity index (χ1v) is 9.06. The van der Waals surface area contributed by atoms with Crippen LogP contribution in [0.15, 0.2) is 18.3 Å². The van der Waals surface area contributed by atoms with E-state index in [1.807, 2.05) is 23.2 Å². The van der Waals surface area contributed by atoms with E-state index >= 15 is 0 Å². The number of rotatable bonds is 2. The van der Waals surface area contributed by atoms with Gasteiger partial charge in [0.2, 0.25) is 0 Å². The largest absolute Gasteiger partial charge is 0.356 e. The number of hydrogen-bond donors (Lipinski definition) is 0. The van der Waals surface area contributed by atoms with Crippen LogP contribution < -0.4 is 4.90 Å². The first kappa shape index (κ1) is 16.3. The summed E-state index contributed by atoms with van der Waals surface area (Å²) in [7, 11) is 0. The minimum atomic E-state index is 0.163. The predicted octanol–water partition coefficient (Wildman–Crippen LogP) is 3.72. The second-order valence-corrected chi connectivity index (χ2v) is 7.73. The normalized spacial score (nSPS) is 21.8. The Bertz CT molecular complexity index is 549. The van der Waals surface area contributed by atoms with Gasteiger partial charge in [-0.05, 0) is 56.1 Å². The van der Waals surface area contributed by atoms with E-state index < -0.39 is 0 Å². The van der Waals surface area contributed by atoms with Crippen LogP contribution in [0, 0.1) is 5.41 Å². The van der Waals surface area contributed by atoms with E-state index in [0.29, 0.717) is 5.41 Å². The van der Waals surface area contributed by atoms with E-state index in [9.17, 15) is 4.79 Å². The Morgan fingerprint density at radius 1 is 1.04 bits per heavy atom. The summed E-state index contributed by atoms with van der Waals surface area (Å²) in [4.78, 5) is 21.9. The predicted molar refractivity (Wildman–Crippen MR) is 93.8 cm³/mol. The van der Waals surface area contributed by atoms with E-state index in [2.05, 4.69) is 23.7 Å². The summed E-state index contributed by atoms with van der Waals surface area (Å²) in [6.07, 6.45) is 8.87. The van der Waals surface area contributed by atoms with Gasteiger partial charge in [0.05, 0.1) is 5.56 Å². The number of carbonyl (C=O) groups is 1. The van der Waals surface area contributed by atoms with Gasteiger partial charge >= 0.3 is 0 Å². The number of aromatic nitrogens is 1. The third kappa shape index (κ3) is 3.85. The molecule has 2 aliphatic heterocycles. The molecule has 2 saturated heterocycles. The van der Waals surface area contributed by atoms with Crippen LogP contribution in [0.4, 0.5) is 5.82 Å². The SMILES string of the molecule is CC1(C)CCCN(c2ncccc2C(=O)N2CCCCC2)CC1. The Morgan fingerprint density at radius 3 is 2.61 bits per heavy atom. The van der Waals surface area contributed by atoms with E-state index in [4.69, 9.17) is 0 Å². The summed E-state index contributed by atoms with van der Waals surface area (Å²) in [5.74, 6) is 1.05. The second kappa shape index (κ2) is 6.90. The van der Waals surface area contributed by atoms with Crippen molar-refractivity contribution in [2.24, 2.45) is 5.41 Å². The quantitative estimate of drug-likeness (QED) is 0.834. The Hall–Kier alpha value is -1.58. The molecule has 0 radical (unpaired) electrons. The molecule has 4 nitrogen and oxygen atoms in total. The fraction of sp³-hybridized carbons (Fsp3) is 0.684.